The number of imide groups is 1. The van der Waals surface area contributed by atoms with Gasteiger partial charge in [-0.15, -0.1) is 0 Å². The van der Waals surface area contributed by atoms with Crippen LogP contribution in [0.15, 0.2) is 48.8 Å². The fraction of sp³-hybridized carbons (Fsp3) is 0.192. The first-order valence-corrected chi connectivity index (χ1v) is 11.4. The lowest BCUT2D eigenvalue weighted by atomic mass is 9.99. The van der Waals surface area contributed by atoms with E-state index in [4.69, 9.17) is 4.74 Å². The van der Waals surface area contributed by atoms with Crippen molar-refractivity contribution in [1.29, 1.82) is 5.26 Å². The van der Waals surface area contributed by atoms with Gasteiger partial charge in [0.25, 0.3) is 5.91 Å². The lowest BCUT2D eigenvalue weighted by Gasteiger charge is -2.17. The molecule has 1 saturated carbocycles. The van der Waals surface area contributed by atoms with Gasteiger partial charge in [-0.25, -0.2) is 24.1 Å². The molecule has 4 aromatic rings. The molecule has 10 nitrogen and oxygen atoms in total. The molecule has 1 aliphatic carbocycles. The summed E-state index contributed by atoms with van der Waals surface area (Å²) in [5.74, 6) is -0.788. The van der Waals surface area contributed by atoms with Gasteiger partial charge in [0.2, 0.25) is 0 Å². The number of carboxylic acid groups (broad SMARTS) is 1. The molecular weight excluding hydrogens is 479 g/mol. The summed E-state index contributed by atoms with van der Waals surface area (Å²) >= 11 is 0. The molecule has 0 radical (unpaired) electrons. The summed E-state index contributed by atoms with van der Waals surface area (Å²) in [6.07, 6.45) is 3.31. The molecule has 6 rings (SSSR count). The molecule has 184 valence electrons. The largest absolute Gasteiger partial charge is 0.465 e. The van der Waals surface area contributed by atoms with E-state index in [1.807, 2.05) is 0 Å². The number of imidazole rings is 1. The van der Waals surface area contributed by atoms with E-state index in [2.05, 4.69) is 21.4 Å². The number of hydrogen-bond donors (Lipinski definition) is 2. The van der Waals surface area contributed by atoms with Crippen molar-refractivity contribution in [2.75, 3.05) is 12.4 Å². The summed E-state index contributed by atoms with van der Waals surface area (Å²) in [4.78, 5) is 34.4. The van der Waals surface area contributed by atoms with Gasteiger partial charge in [0.05, 0.1) is 35.3 Å². The number of hydrogen-bond acceptors (Lipinski definition) is 7. The van der Waals surface area contributed by atoms with Crippen LogP contribution < -0.4 is 5.32 Å². The number of methoxy groups -OCH3 is 1. The minimum Gasteiger partial charge on any atom is -0.465 e. The first-order valence-electron chi connectivity index (χ1n) is 11.4. The molecule has 0 unspecified atom stereocenters. The van der Waals surface area contributed by atoms with Crippen molar-refractivity contribution in [1.82, 2.24) is 19.3 Å². The van der Waals surface area contributed by atoms with E-state index in [1.54, 1.807) is 42.0 Å². The van der Waals surface area contributed by atoms with Crippen molar-refractivity contribution in [2.24, 2.45) is 0 Å². The Morgan fingerprint density at radius 1 is 1.27 bits per heavy atom. The van der Waals surface area contributed by atoms with E-state index in [0.717, 1.165) is 17.7 Å². The molecule has 2 aliphatic rings. The Kier molecular flexibility index (Phi) is 4.96. The molecule has 0 bridgehead atoms. The molecule has 1 aromatic carbocycles. The van der Waals surface area contributed by atoms with Crippen molar-refractivity contribution in [3.8, 4) is 17.3 Å². The van der Waals surface area contributed by atoms with Gasteiger partial charge in [-0.05, 0) is 42.7 Å². The van der Waals surface area contributed by atoms with Crippen molar-refractivity contribution in [3.63, 3.8) is 0 Å². The molecule has 4 heterocycles. The average molecular weight is 498 g/mol. The van der Waals surface area contributed by atoms with Gasteiger partial charge < -0.3 is 15.2 Å². The van der Waals surface area contributed by atoms with Crippen LogP contribution in [0.2, 0.25) is 0 Å². The molecule has 37 heavy (non-hydrogen) atoms. The first kappa shape index (κ1) is 22.6. The van der Waals surface area contributed by atoms with Crippen LogP contribution in [-0.2, 0) is 16.9 Å². The Labute approximate surface area is 209 Å². The molecule has 1 fully saturated rings. The van der Waals surface area contributed by atoms with Gasteiger partial charge in [0.15, 0.2) is 0 Å². The normalized spacial score (nSPS) is 15.5. The van der Waals surface area contributed by atoms with Crippen molar-refractivity contribution >= 4 is 29.2 Å². The molecule has 3 aromatic heterocycles. The summed E-state index contributed by atoms with van der Waals surface area (Å²) in [6.45, 7) is -0.158. The number of amides is 2. The minimum absolute atomic E-state index is 0.158. The van der Waals surface area contributed by atoms with Crippen LogP contribution in [0.4, 0.5) is 20.7 Å². The van der Waals surface area contributed by atoms with Gasteiger partial charge >= 0.3 is 6.09 Å². The molecular formula is C26H19FN6O4. The third kappa shape index (κ3) is 3.49. The fourth-order valence-electron chi connectivity index (χ4n) is 4.89. The number of fused-ring (bicyclic) bond motifs is 2. The highest BCUT2D eigenvalue weighted by molar-refractivity contribution is 6.11. The zero-order chi connectivity index (χ0) is 25.9. The van der Waals surface area contributed by atoms with E-state index in [0.29, 0.717) is 39.5 Å². The maximum absolute atomic E-state index is 13.7. The third-order valence-electron chi connectivity index (χ3n) is 6.92. The molecule has 2 amide bonds. The van der Waals surface area contributed by atoms with Crippen LogP contribution in [0.5, 0.6) is 0 Å². The van der Waals surface area contributed by atoms with Crippen LogP contribution in [0, 0.1) is 17.1 Å². The number of benzene rings is 1. The van der Waals surface area contributed by atoms with Crippen molar-refractivity contribution in [3.05, 3.63) is 77.0 Å². The number of anilines is 2. The second kappa shape index (κ2) is 8.11. The van der Waals surface area contributed by atoms with Gasteiger partial charge in [-0.2, -0.15) is 5.26 Å². The quantitative estimate of drug-likeness (QED) is 0.413. The fourth-order valence-corrected chi connectivity index (χ4v) is 4.89. The lowest BCUT2D eigenvalue weighted by molar-refractivity contribution is 0.0763. The lowest BCUT2D eigenvalue weighted by Crippen LogP contribution is -2.29. The number of pyridine rings is 2. The van der Waals surface area contributed by atoms with Crippen LogP contribution in [-0.4, -0.2) is 43.5 Å². The molecule has 0 saturated heterocycles. The monoisotopic (exact) mass is 498 g/mol. The maximum atomic E-state index is 13.7. The number of halogens is 1. The van der Waals surface area contributed by atoms with Crippen molar-refractivity contribution < 1.29 is 23.8 Å². The summed E-state index contributed by atoms with van der Waals surface area (Å²) in [7, 11) is 1.60. The summed E-state index contributed by atoms with van der Waals surface area (Å²) < 4.78 is 20.9. The van der Waals surface area contributed by atoms with Gasteiger partial charge in [0.1, 0.15) is 29.0 Å². The standard InChI is InChI=1S/C26H19FN6O4/c1-37-26(7-8-26)17-3-5-21(31-19(17)11-28)30-18-4-2-15(16-13-33(25(35)36)24(34)23(16)18)20-12-29-22-10-14(27)6-9-32(20)22/h2-6,9-10,12H,7-8,13H2,1H3,(H,30,31)(H,35,36). The zero-order valence-electron chi connectivity index (χ0n) is 19.5. The highest BCUT2D eigenvalue weighted by atomic mass is 19.1. The van der Waals surface area contributed by atoms with E-state index < -0.39 is 23.4 Å². The second-order valence-corrected chi connectivity index (χ2v) is 8.93. The molecule has 0 spiro atoms. The number of carbonyl (C=O) groups is 2. The highest BCUT2D eigenvalue weighted by Gasteiger charge is 2.47. The summed E-state index contributed by atoms with van der Waals surface area (Å²) in [5, 5.41) is 22.4. The van der Waals surface area contributed by atoms with Gasteiger partial charge in [-0.1, -0.05) is 6.07 Å². The van der Waals surface area contributed by atoms with Crippen LogP contribution >= 0.6 is 0 Å². The topological polar surface area (TPSA) is 133 Å². The molecule has 11 heteroatoms. The number of rotatable bonds is 5. The maximum Gasteiger partial charge on any atom is 0.414 e. The Hall–Kier alpha value is -4.82. The number of nitriles is 1. The first-order chi connectivity index (χ1) is 17.8. The third-order valence-corrected chi connectivity index (χ3v) is 6.92. The minimum atomic E-state index is -1.37. The Morgan fingerprint density at radius 3 is 2.78 bits per heavy atom. The van der Waals surface area contributed by atoms with E-state index in [1.165, 1.54) is 18.3 Å². The average Bonchev–Trinajstić information content (AvgIpc) is 3.46. The second-order valence-electron chi connectivity index (χ2n) is 8.93. The Morgan fingerprint density at radius 2 is 2.08 bits per heavy atom. The van der Waals surface area contributed by atoms with Gasteiger partial charge in [0, 0.05) is 30.5 Å². The summed E-state index contributed by atoms with van der Waals surface area (Å²) in [6, 6.07) is 11.6. The Balaban J connectivity index is 1.45. The number of carbonyl (C=O) groups excluding carboxylic acids is 1. The predicted molar refractivity (Wildman–Crippen MR) is 129 cm³/mol. The Bertz CT molecular complexity index is 1670. The van der Waals surface area contributed by atoms with E-state index >= 15 is 0 Å². The summed E-state index contributed by atoms with van der Waals surface area (Å²) in [5.41, 5.74) is 3.00. The molecule has 0 atom stereocenters. The van der Waals surface area contributed by atoms with Crippen LogP contribution in [0.3, 0.4) is 0 Å². The van der Waals surface area contributed by atoms with E-state index in [-0.39, 0.29) is 17.8 Å². The van der Waals surface area contributed by atoms with Crippen molar-refractivity contribution in [2.45, 2.75) is 25.0 Å². The number of nitrogens with one attached hydrogen (secondary N) is 1. The number of ether oxygens (including phenoxy) is 1. The zero-order valence-corrected chi connectivity index (χ0v) is 19.5. The van der Waals surface area contributed by atoms with E-state index in [9.17, 15) is 24.3 Å². The molecule has 2 N–H and O–H groups in total. The van der Waals surface area contributed by atoms with Crippen LogP contribution in [0.1, 0.15) is 40.0 Å². The van der Waals surface area contributed by atoms with Crippen LogP contribution in [0.25, 0.3) is 16.9 Å². The van der Waals surface area contributed by atoms with Gasteiger partial charge in [-0.3, -0.25) is 9.20 Å². The number of aromatic nitrogens is 3. The highest BCUT2D eigenvalue weighted by Crippen LogP contribution is 2.49. The SMILES string of the molecule is COC1(c2ccc(Nc3ccc(-c4cnc5cc(F)ccn45)c4c3C(=O)N(C(=O)O)C4)nc2C#N)CC1. The smallest absolute Gasteiger partial charge is 0.414 e. The predicted octanol–water partition coefficient (Wildman–Crippen LogP) is 4.42. The number of nitrogens with zero attached hydrogens (tertiary/aromatic N) is 5. The molecule has 1 aliphatic heterocycles.